The molecule has 3 N–H and O–H groups in total. The Bertz CT molecular complexity index is 858. The Balaban J connectivity index is 2.02. The van der Waals surface area contributed by atoms with Gasteiger partial charge in [0.05, 0.1) is 12.2 Å². The van der Waals surface area contributed by atoms with E-state index in [2.05, 4.69) is 20.8 Å². The molecule has 1 unspecified atom stereocenters. The van der Waals surface area contributed by atoms with Crippen molar-refractivity contribution in [1.29, 1.82) is 0 Å². The lowest BCUT2D eigenvalue weighted by molar-refractivity contribution is -0.152. The fraction of sp³-hybridized carbons (Fsp3) is 0.875. The molecule has 8 nitrogen and oxygen atoms in total. The lowest BCUT2D eigenvalue weighted by atomic mass is 9.88. The van der Waals surface area contributed by atoms with Crippen LogP contribution < -0.4 is 0 Å². The molecular weight excluding hydrogens is 608 g/mol. The smallest absolute Gasteiger partial charge is 0.305 e. The van der Waals surface area contributed by atoms with Gasteiger partial charge in [-0.15, -0.1) is 0 Å². The van der Waals surface area contributed by atoms with E-state index in [1.54, 1.807) is 12.2 Å². The Hall–Kier alpha value is -1.77. The van der Waals surface area contributed by atoms with Crippen LogP contribution in [0, 0.1) is 17.8 Å². The summed E-state index contributed by atoms with van der Waals surface area (Å²) >= 11 is 0. The zero-order valence-electron chi connectivity index (χ0n) is 30.9. The van der Waals surface area contributed by atoms with Gasteiger partial charge in [-0.2, -0.15) is 0 Å². The van der Waals surface area contributed by atoms with Crippen molar-refractivity contribution in [2.45, 2.75) is 193 Å². The molecule has 48 heavy (non-hydrogen) atoms. The number of hydrogen-bond acceptors (Lipinski definition) is 8. The molecule has 0 amide bonds. The van der Waals surface area contributed by atoms with Crippen LogP contribution in [-0.2, 0) is 23.9 Å². The van der Waals surface area contributed by atoms with Crippen LogP contribution in [0.5, 0.6) is 0 Å². The summed E-state index contributed by atoms with van der Waals surface area (Å²) in [7, 11) is 0. The van der Waals surface area contributed by atoms with Crippen LogP contribution >= 0.6 is 0 Å². The van der Waals surface area contributed by atoms with E-state index >= 15 is 0 Å². The van der Waals surface area contributed by atoms with E-state index in [0.717, 1.165) is 70.1 Å². The number of ether oxygens (including phenoxy) is 2. The standard InChI is InChI=1S/C40H72O8/c1-4-6-17-23-33(41)27-28-36-35(37(43)29-38(36)44)24-19-15-16-21-26-40(46)48-31-34(42)30-47-39(45)25-20-14-12-10-8-7-9-11-13-18-22-32(3)5-2/h27-28,32-37,41-43H,4-26,29-31H2,1-3H3/b28-27+/t32?,33-,34+,35+,36+,37-/m0/s1. The Morgan fingerprint density at radius 1 is 0.750 bits per heavy atom. The minimum absolute atomic E-state index is 0.0360. The summed E-state index contributed by atoms with van der Waals surface area (Å²) < 4.78 is 10.3. The van der Waals surface area contributed by atoms with Gasteiger partial charge in [-0.1, -0.05) is 142 Å². The molecule has 0 heterocycles. The summed E-state index contributed by atoms with van der Waals surface area (Å²) in [6.07, 6.45) is 24.5. The zero-order chi connectivity index (χ0) is 35.4. The second-order valence-electron chi connectivity index (χ2n) is 14.4. The van der Waals surface area contributed by atoms with Crippen molar-refractivity contribution in [2.24, 2.45) is 17.8 Å². The molecule has 0 spiro atoms. The molecule has 1 rings (SSSR count). The molecule has 1 aliphatic rings. The summed E-state index contributed by atoms with van der Waals surface area (Å²) in [6.45, 7) is 6.36. The average molecular weight is 681 g/mol. The van der Waals surface area contributed by atoms with E-state index in [0.29, 0.717) is 19.3 Å². The highest BCUT2D eigenvalue weighted by Gasteiger charge is 2.39. The normalized spacial score (nSPS) is 19.9. The largest absolute Gasteiger partial charge is 0.463 e. The van der Waals surface area contributed by atoms with E-state index in [4.69, 9.17) is 9.47 Å². The lowest BCUT2D eigenvalue weighted by Gasteiger charge is -2.19. The van der Waals surface area contributed by atoms with Gasteiger partial charge in [0.25, 0.3) is 0 Å². The number of allylic oxidation sites excluding steroid dienone is 1. The number of carbonyl (C=O) groups is 3. The fourth-order valence-electron chi connectivity index (χ4n) is 6.50. The number of hydrogen-bond donors (Lipinski definition) is 3. The first-order chi connectivity index (χ1) is 23.2. The predicted octanol–water partition coefficient (Wildman–Crippen LogP) is 8.57. The first-order valence-electron chi connectivity index (χ1n) is 19.7. The number of carbonyl (C=O) groups excluding carboxylic acids is 3. The first kappa shape index (κ1) is 44.3. The molecule has 0 saturated heterocycles. The van der Waals surface area contributed by atoms with Crippen molar-refractivity contribution in [2.75, 3.05) is 13.2 Å². The molecule has 0 aliphatic heterocycles. The Morgan fingerprint density at radius 2 is 1.25 bits per heavy atom. The van der Waals surface area contributed by atoms with Crippen LogP contribution in [0.15, 0.2) is 12.2 Å². The Morgan fingerprint density at radius 3 is 1.79 bits per heavy atom. The Labute approximate surface area is 292 Å². The van der Waals surface area contributed by atoms with Crippen molar-refractivity contribution in [3.05, 3.63) is 12.2 Å². The average Bonchev–Trinajstić information content (AvgIpc) is 3.34. The zero-order valence-corrected chi connectivity index (χ0v) is 30.9. The number of rotatable bonds is 31. The highest BCUT2D eigenvalue weighted by atomic mass is 16.6. The third-order valence-corrected chi connectivity index (χ3v) is 9.95. The summed E-state index contributed by atoms with van der Waals surface area (Å²) in [5.41, 5.74) is 0. The molecular formula is C40H72O8. The molecule has 0 bridgehead atoms. The van der Waals surface area contributed by atoms with Gasteiger partial charge in [0.1, 0.15) is 25.1 Å². The monoisotopic (exact) mass is 681 g/mol. The minimum Gasteiger partial charge on any atom is -0.463 e. The van der Waals surface area contributed by atoms with Gasteiger partial charge < -0.3 is 24.8 Å². The second kappa shape index (κ2) is 29.0. The van der Waals surface area contributed by atoms with Gasteiger partial charge >= 0.3 is 11.9 Å². The second-order valence-corrected chi connectivity index (χ2v) is 14.4. The van der Waals surface area contributed by atoms with E-state index in [-0.39, 0.29) is 55.6 Å². The van der Waals surface area contributed by atoms with Crippen LogP contribution in [0.2, 0.25) is 0 Å². The maximum absolute atomic E-state index is 12.4. The molecule has 0 radical (unpaired) electrons. The number of aliphatic hydroxyl groups excluding tert-OH is 3. The topological polar surface area (TPSA) is 130 Å². The van der Waals surface area contributed by atoms with Crippen LogP contribution in [-0.4, -0.2) is 64.6 Å². The number of aliphatic hydroxyl groups is 3. The SMILES string of the molecule is CCCCC[C@H](O)/C=C/[C@H]1C(=O)C[C@H](O)[C@@H]1CCCCCCC(=O)OC[C@H](O)COC(=O)CCCCCCCCCCCCC(C)CC. The molecule has 8 heteroatoms. The molecule has 0 aromatic heterocycles. The molecule has 6 atom stereocenters. The molecule has 1 fully saturated rings. The van der Waals surface area contributed by atoms with Crippen molar-refractivity contribution in [1.82, 2.24) is 0 Å². The third kappa shape index (κ3) is 22.8. The Kier molecular flexibility index (Phi) is 26.7. The summed E-state index contributed by atoms with van der Waals surface area (Å²) in [5.74, 6) is -0.285. The van der Waals surface area contributed by atoms with E-state index < -0.39 is 18.3 Å². The van der Waals surface area contributed by atoms with E-state index in [1.807, 2.05) is 0 Å². The van der Waals surface area contributed by atoms with Gasteiger partial charge in [0.2, 0.25) is 0 Å². The minimum atomic E-state index is -1.03. The van der Waals surface area contributed by atoms with Crippen molar-refractivity contribution in [3.63, 3.8) is 0 Å². The van der Waals surface area contributed by atoms with E-state index in [9.17, 15) is 29.7 Å². The van der Waals surface area contributed by atoms with Crippen molar-refractivity contribution < 1.29 is 39.2 Å². The number of esters is 2. The number of Topliss-reactive ketones (excluding diaryl/α,β-unsaturated/α-hetero) is 1. The maximum Gasteiger partial charge on any atom is 0.305 e. The van der Waals surface area contributed by atoms with Gasteiger partial charge in [-0.3, -0.25) is 14.4 Å². The maximum atomic E-state index is 12.4. The van der Waals surface area contributed by atoms with Gasteiger partial charge in [0.15, 0.2) is 0 Å². The van der Waals surface area contributed by atoms with E-state index in [1.165, 1.54) is 57.8 Å². The van der Waals surface area contributed by atoms with Crippen molar-refractivity contribution in [3.8, 4) is 0 Å². The molecule has 1 saturated carbocycles. The summed E-state index contributed by atoms with van der Waals surface area (Å²) in [5, 5.41) is 30.6. The quantitative estimate of drug-likeness (QED) is 0.0377. The summed E-state index contributed by atoms with van der Waals surface area (Å²) in [4.78, 5) is 36.5. The number of ketones is 1. The molecule has 1 aliphatic carbocycles. The molecule has 280 valence electrons. The predicted molar refractivity (Wildman–Crippen MR) is 192 cm³/mol. The van der Waals surface area contributed by atoms with Crippen LogP contribution in [0.25, 0.3) is 0 Å². The van der Waals surface area contributed by atoms with Crippen LogP contribution in [0.3, 0.4) is 0 Å². The fourth-order valence-corrected chi connectivity index (χ4v) is 6.50. The highest BCUT2D eigenvalue weighted by molar-refractivity contribution is 5.86. The highest BCUT2D eigenvalue weighted by Crippen LogP contribution is 2.34. The lowest BCUT2D eigenvalue weighted by Crippen LogP contribution is -2.25. The van der Waals surface area contributed by atoms with Crippen LogP contribution in [0.4, 0.5) is 0 Å². The summed E-state index contributed by atoms with van der Waals surface area (Å²) in [6, 6.07) is 0. The number of unbranched alkanes of at least 4 members (excludes halogenated alkanes) is 14. The molecule has 0 aromatic carbocycles. The van der Waals surface area contributed by atoms with Gasteiger partial charge in [0, 0.05) is 25.2 Å². The third-order valence-electron chi connectivity index (χ3n) is 9.95. The van der Waals surface area contributed by atoms with Crippen molar-refractivity contribution >= 4 is 17.7 Å². The van der Waals surface area contributed by atoms with Crippen LogP contribution in [0.1, 0.15) is 175 Å². The van der Waals surface area contributed by atoms with Gasteiger partial charge in [-0.05, 0) is 37.5 Å². The molecule has 0 aromatic rings. The first-order valence-corrected chi connectivity index (χ1v) is 19.7. The van der Waals surface area contributed by atoms with Gasteiger partial charge in [-0.25, -0.2) is 0 Å².